The second-order valence-corrected chi connectivity index (χ2v) is 5.16. The van der Waals surface area contributed by atoms with E-state index >= 15 is 0 Å². The van der Waals surface area contributed by atoms with Crippen LogP contribution < -0.4 is 0 Å². The highest BCUT2D eigenvalue weighted by Gasteiger charge is 2.10. The third kappa shape index (κ3) is 2.66. The van der Waals surface area contributed by atoms with E-state index in [0.717, 1.165) is 28.1 Å². The highest BCUT2D eigenvalue weighted by atomic mass is 16.5. The van der Waals surface area contributed by atoms with Crippen molar-refractivity contribution in [3.63, 3.8) is 0 Å². The molecular formula is C19H17NO2. The zero-order chi connectivity index (χ0) is 15.5. The smallest absolute Gasteiger partial charge is 0.337 e. The summed E-state index contributed by atoms with van der Waals surface area (Å²) >= 11 is 0. The first kappa shape index (κ1) is 14.1. The van der Waals surface area contributed by atoms with Crippen molar-refractivity contribution >= 4 is 5.97 Å². The Labute approximate surface area is 129 Å². The molecule has 3 heteroatoms. The molecule has 0 unspecified atom stereocenters. The Morgan fingerprint density at radius 1 is 0.955 bits per heavy atom. The first-order chi connectivity index (χ1) is 10.7. The van der Waals surface area contributed by atoms with Gasteiger partial charge in [0.05, 0.1) is 12.7 Å². The highest BCUT2D eigenvalue weighted by molar-refractivity contribution is 5.90. The van der Waals surface area contributed by atoms with Crippen molar-refractivity contribution in [1.82, 2.24) is 4.98 Å². The summed E-state index contributed by atoms with van der Waals surface area (Å²) in [6.45, 7) is 2.05. The number of ether oxygens (including phenoxy) is 1. The second-order valence-electron chi connectivity index (χ2n) is 5.16. The van der Waals surface area contributed by atoms with E-state index in [9.17, 15) is 4.79 Å². The van der Waals surface area contributed by atoms with Gasteiger partial charge < -0.3 is 9.72 Å². The van der Waals surface area contributed by atoms with Crippen LogP contribution in [0.2, 0.25) is 0 Å². The number of benzene rings is 2. The van der Waals surface area contributed by atoms with Gasteiger partial charge in [0.2, 0.25) is 0 Å². The fraction of sp³-hybridized carbons (Fsp3) is 0.105. The third-order valence-electron chi connectivity index (χ3n) is 3.72. The molecule has 22 heavy (non-hydrogen) atoms. The lowest BCUT2D eigenvalue weighted by atomic mass is 10.0. The lowest BCUT2D eigenvalue weighted by Gasteiger charge is -2.02. The number of H-pyrrole nitrogens is 1. The van der Waals surface area contributed by atoms with Gasteiger partial charge >= 0.3 is 5.97 Å². The van der Waals surface area contributed by atoms with Crippen molar-refractivity contribution in [3.8, 4) is 22.4 Å². The SMILES string of the molecule is COC(=O)c1ccc(-c2cc(-c3ccccc3)[nH]c2C)cc1. The molecule has 0 atom stereocenters. The molecule has 3 rings (SSSR count). The van der Waals surface area contributed by atoms with E-state index in [0.29, 0.717) is 5.56 Å². The molecular weight excluding hydrogens is 274 g/mol. The van der Waals surface area contributed by atoms with Crippen molar-refractivity contribution in [3.05, 3.63) is 71.9 Å². The van der Waals surface area contributed by atoms with E-state index < -0.39 is 0 Å². The van der Waals surface area contributed by atoms with Crippen LogP contribution >= 0.6 is 0 Å². The summed E-state index contributed by atoms with van der Waals surface area (Å²) in [7, 11) is 1.39. The molecule has 1 aromatic heterocycles. The van der Waals surface area contributed by atoms with Crippen molar-refractivity contribution in [2.24, 2.45) is 0 Å². The number of aryl methyl sites for hydroxylation is 1. The second kappa shape index (κ2) is 5.90. The molecule has 1 heterocycles. The van der Waals surface area contributed by atoms with E-state index in [2.05, 4.69) is 30.1 Å². The summed E-state index contributed by atoms with van der Waals surface area (Å²) in [6, 6.07) is 19.8. The number of aromatic amines is 1. The van der Waals surface area contributed by atoms with Crippen LogP contribution in [0.3, 0.4) is 0 Å². The van der Waals surface area contributed by atoms with Gasteiger partial charge in [-0.25, -0.2) is 4.79 Å². The predicted octanol–water partition coefficient (Wildman–Crippen LogP) is 4.44. The summed E-state index contributed by atoms with van der Waals surface area (Å²) in [5.74, 6) is -0.317. The van der Waals surface area contributed by atoms with Gasteiger partial charge in [-0.2, -0.15) is 0 Å². The molecule has 110 valence electrons. The molecule has 0 spiro atoms. The number of hydrogen-bond acceptors (Lipinski definition) is 2. The topological polar surface area (TPSA) is 42.1 Å². The maximum absolute atomic E-state index is 11.5. The number of carbonyl (C=O) groups is 1. The summed E-state index contributed by atoms with van der Waals surface area (Å²) < 4.78 is 4.72. The first-order valence-electron chi connectivity index (χ1n) is 7.13. The molecule has 0 saturated heterocycles. The largest absolute Gasteiger partial charge is 0.465 e. The fourth-order valence-corrected chi connectivity index (χ4v) is 2.53. The number of rotatable bonds is 3. The van der Waals surface area contributed by atoms with Crippen LogP contribution in [0.1, 0.15) is 16.1 Å². The van der Waals surface area contributed by atoms with Gasteiger partial charge in [-0.05, 0) is 36.2 Å². The minimum absolute atomic E-state index is 0.317. The van der Waals surface area contributed by atoms with Gasteiger partial charge in [0.15, 0.2) is 0 Å². The molecule has 0 aliphatic carbocycles. The number of carbonyl (C=O) groups excluding carboxylic acids is 1. The van der Waals surface area contributed by atoms with Gasteiger partial charge in [0, 0.05) is 17.0 Å². The molecule has 0 aliphatic heterocycles. The number of esters is 1. The average Bonchev–Trinajstić information content (AvgIpc) is 2.97. The van der Waals surface area contributed by atoms with Crippen molar-refractivity contribution < 1.29 is 9.53 Å². The average molecular weight is 291 g/mol. The van der Waals surface area contributed by atoms with E-state index in [1.807, 2.05) is 30.3 Å². The fourth-order valence-electron chi connectivity index (χ4n) is 2.53. The minimum Gasteiger partial charge on any atom is -0.465 e. The molecule has 1 N–H and O–H groups in total. The standard InChI is InChI=1S/C19H17NO2/c1-13-17(12-18(20-13)15-6-4-3-5-7-15)14-8-10-16(11-9-14)19(21)22-2/h3-12,20H,1-2H3. The molecule has 0 radical (unpaired) electrons. The lowest BCUT2D eigenvalue weighted by molar-refractivity contribution is 0.0601. The Hall–Kier alpha value is -2.81. The van der Waals surface area contributed by atoms with Crippen LogP contribution in [-0.4, -0.2) is 18.1 Å². The molecule has 2 aromatic carbocycles. The number of nitrogens with one attached hydrogen (secondary N) is 1. The van der Waals surface area contributed by atoms with E-state index in [-0.39, 0.29) is 5.97 Å². The van der Waals surface area contributed by atoms with E-state index in [1.54, 1.807) is 12.1 Å². The van der Waals surface area contributed by atoms with Gasteiger partial charge in [0.1, 0.15) is 0 Å². The monoisotopic (exact) mass is 291 g/mol. The molecule has 0 aliphatic rings. The van der Waals surface area contributed by atoms with Gasteiger partial charge in [-0.1, -0.05) is 42.5 Å². The van der Waals surface area contributed by atoms with Gasteiger partial charge in [-0.3, -0.25) is 0 Å². The van der Waals surface area contributed by atoms with Crippen molar-refractivity contribution in [1.29, 1.82) is 0 Å². The maximum atomic E-state index is 11.5. The molecule has 0 amide bonds. The molecule has 3 nitrogen and oxygen atoms in total. The minimum atomic E-state index is -0.317. The lowest BCUT2D eigenvalue weighted by Crippen LogP contribution is -2.00. The Balaban J connectivity index is 1.96. The predicted molar refractivity (Wildman–Crippen MR) is 87.7 cm³/mol. The van der Waals surface area contributed by atoms with Crippen LogP contribution in [-0.2, 0) is 4.74 Å². The van der Waals surface area contributed by atoms with Crippen LogP contribution in [0.15, 0.2) is 60.7 Å². The number of hydrogen-bond donors (Lipinski definition) is 1. The molecule has 0 saturated carbocycles. The Morgan fingerprint density at radius 3 is 2.27 bits per heavy atom. The van der Waals surface area contributed by atoms with Crippen molar-refractivity contribution in [2.45, 2.75) is 6.92 Å². The molecule has 0 bridgehead atoms. The summed E-state index contributed by atoms with van der Waals surface area (Å²) in [5, 5.41) is 0. The van der Waals surface area contributed by atoms with Crippen LogP contribution in [0.5, 0.6) is 0 Å². The Morgan fingerprint density at radius 2 is 1.64 bits per heavy atom. The highest BCUT2D eigenvalue weighted by Crippen LogP contribution is 2.29. The summed E-state index contributed by atoms with van der Waals surface area (Å²) in [5.41, 5.74) is 6.11. The Kier molecular flexibility index (Phi) is 3.79. The van der Waals surface area contributed by atoms with Crippen molar-refractivity contribution in [2.75, 3.05) is 7.11 Å². The van der Waals surface area contributed by atoms with Gasteiger partial charge in [-0.15, -0.1) is 0 Å². The first-order valence-corrected chi connectivity index (χ1v) is 7.13. The van der Waals surface area contributed by atoms with Gasteiger partial charge in [0.25, 0.3) is 0 Å². The Bertz CT molecular complexity index is 786. The quantitative estimate of drug-likeness (QED) is 0.725. The summed E-state index contributed by atoms with van der Waals surface area (Å²) in [6.07, 6.45) is 0. The normalized spacial score (nSPS) is 10.5. The van der Waals surface area contributed by atoms with E-state index in [4.69, 9.17) is 4.74 Å². The number of methoxy groups -OCH3 is 1. The number of aromatic nitrogens is 1. The third-order valence-corrected chi connectivity index (χ3v) is 3.72. The molecule has 3 aromatic rings. The van der Waals surface area contributed by atoms with Crippen LogP contribution in [0, 0.1) is 6.92 Å². The maximum Gasteiger partial charge on any atom is 0.337 e. The van der Waals surface area contributed by atoms with Crippen LogP contribution in [0.25, 0.3) is 22.4 Å². The summed E-state index contributed by atoms with van der Waals surface area (Å²) in [4.78, 5) is 14.9. The molecule has 0 fully saturated rings. The zero-order valence-electron chi connectivity index (χ0n) is 12.6. The zero-order valence-corrected chi connectivity index (χ0v) is 12.6. The van der Waals surface area contributed by atoms with Crippen LogP contribution in [0.4, 0.5) is 0 Å². The van der Waals surface area contributed by atoms with E-state index in [1.165, 1.54) is 7.11 Å².